The molecule has 2 atom stereocenters. The molecule has 12 heteroatoms. The molecule has 0 bridgehead atoms. The number of hydrogen-bond donors (Lipinski definition) is 2. The topological polar surface area (TPSA) is 46.9 Å². The molecule has 0 rings (SSSR count). The van der Waals surface area contributed by atoms with Gasteiger partial charge in [0.1, 0.15) is 0 Å². The zero-order chi connectivity index (χ0) is 21.7. The van der Waals surface area contributed by atoms with Crippen LogP contribution >= 0.6 is 61.1 Å². The number of rotatable bonds is 11. The van der Waals surface area contributed by atoms with Crippen LogP contribution in [0.3, 0.4) is 0 Å². The van der Waals surface area contributed by atoms with Crippen LogP contribution in [0.4, 0.5) is 0 Å². The highest BCUT2D eigenvalue weighted by Crippen LogP contribution is 2.48. The summed E-state index contributed by atoms with van der Waals surface area (Å²) in [6, 6.07) is 0. The van der Waals surface area contributed by atoms with Crippen LogP contribution in [0.1, 0.15) is 12.8 Å². The van der Waals surface area contributed by atoms with E-state index in [2.05, 4.69) is 64.2 Å². The molecule has 0 aromatic heterocycles. The zero-order valence-corrected chi connectivity index (χ0v) is 25.8. The van der Waals surface area contributed by atoms with Gasteiger partial charge in [0.15, 0.2) is 0 Å². The van der Waals surface area contributed by atoms with Gasteiger partial charge in [-0.1, -0.05) is 26.2 Å². The van der Waals surface area contributed by atoms with Gasteiger partial charge in [-0.05, 0) is 93.8 Å². The summed E-state index contributed by atoms with van der Waals surface area (Å²) in [6.07, 6.45) is 1.81. The fraction of sp³-hybridized carbons (Fsp3) is 0.875. The van der Waals surface area contributed by atoms with E-state index in [0.29, 0.717) is 33.1 Å². The Hall–Kier alpha value is 2.11. The smallest absolute Gasteiger partial charge is 0.0916 e. The SMILES string of the molecule is CN(C)C(SSSSC(N(C)C)=S(CCCO)[SiH](C)C)=S(CCCO)[SiH](C)C. The Morgan fingerprint density at radius 1 is 0.714 bits per heavy atom. The van der Waals surface area contributed by atoms with Crippen LogP contribution in [0.5, 0.6) is 0 Å². The Labute approximate surface area is 196 Å². The molecule has 0 aromatic carbocycles. The van der Waals surface area contributed by atoms with Gasteiger partial charge in [-0.15, -0.1) is 0 Å². The molecule has 0 radical (unpaired) electrons. The van der Waals surface area contributed by atoms with Gasteiger partial charge in [0.05, 0.1) is 24.5 Å². The minimum atomic E-state index is -0.804. The Morgan fingerprint density at radius 3 is 1.25 bits per heavy atom. The van der Waals surface area contributed by atoms with Crippen molar-refractivity contribution in [3.63, 3.8) is 0 Å². The van der Waals surface area contributed by atoms with Gasteiger partial charge in [-0.3, -0.25) is 9.80 Å². The first-order chi connectivity index (χ1) is 13.2. The summed E-state index contributed by atoms with van der Waals surface area (Å²) in [4.78, 5) is 4.58. The van der Waals surface area contributed by atoms with E-state index in [1.165, 1.54) is 8.64 Å². The minimum absolute atomic E-state index is 0.296. The largest absolute Gasteiger partial charge is 0.396 e. The molecule has 2 N–H and O–H groups in total. The fourth-order valence-electron chi connectivity index (χ4n) is 2.28. The van der Waals surface area contributed by atoms with E-state index in [0.717, 1.165) is 24.3 Å². The van der Waals surface area contributed by atoms with E-state index in [4.69, 9.17) is 0 Å². The van der Waals surface area contributed by atoms with E-state index in [-0.39, 0.29) is 0 Å². The Kier molecular flexibility index (Phi) is 19.0. The van der Waals surface area contributed by atoms with Crippen LogP contribution in [0.15, 0.2) is 0 Å². The van der Waals surface area contributed by atoms with Gasteiger partial charge in [-0.25, -0.2) is 0 Å². The maximum absolute atomic E-state index is 9.26. The average Bonchev–Trinajstić information content (AvgIpc) is 2.60. The van der Waals surface area contributed by atoms with Crippen molar-refractivity contribution in [2.45, 2.75) is 39.0 Å². The number of nitrogens with zero attached hydrogens (tertiary/aromatic N) is 2. The number of hydrogen-bond acceptors (Lipinski definition) is 6. The summed E-state index contributed by atoms with van der Waals surface area (Å²) >= 11 is 0. The van der Waals surface area contributed by atoms with Crippen molar-refractivity contribution >= 4 is 85.6 Å². The summed E-state index contributed by atoms with van der Waals surface area (Å²) in [7, 11) is 15.2. The third-order valence-electron chi connectivity index (χ3n) is 3.60. The van der Waals surface area contributed by atoms with Gasteiger partial charge in [-0.2, -0.15) is 19.9 Å². The highest BCUT2D eigenvalue weighted by Gasteiger charge is 2.16. The molecular formula is C16H40N2O2S6Si2. The quantitative estimate of drug-likeness (QED) is 0.175. The van der Waals surface area contributed by atoms with Gasteiger partial charge in [0, 0.05) is 13.2 Å². The van der Waals surface area contributed by atoms with Crippen LogP contribution in [-0.2, 0) is 0 Å². The molecular weight excluding hydrogens is 501 g/mol. The first-order valence-electron chi connectivity index (χ1n) is 9.54. The Bertz CT molecular complexity index is 462. The molecule has 0 fully saturated rings. The molecule has 0 aliphatic carbocycles. The van der Waals surface area contributed by atoms with Crippen LogP contribution in [0.25, 0.3) is 0 Å². The second kappa shape index (κ2) is 17.6. The van der Waals surface area contributed by atoms with Crippen molar-refractivity contribution in [1.82, 2.24) is 9.80 Å². The van der Waals surface area contributed by atoms with Gasteiger partial charge in [0.2, 0.25) is 0 Å². The van der Waals surface area contributed by atoms with Crippen molar-refractivity contribution in [2.24, 2.45) is 0 Å². The van der Waals surface area contributed by atoms with Crippen molar-refractivity contribution in [3.05, 3.63) is 0 Å². The molecule has 0 spiro atoms. The highest BCUT2D eigenvalue weighted by atomic mass is 33.7. The number of aliphatic hydroxyl groups excluding tert-OH is 2. The van der Waals surface area contributed by atoms with Crippen molar-refractivity contribution in [2.75, 3.05) is 52.9 Å². The maximum atomic E-state index is 9.26. The third-order valence-corrected chi connectivity index (χ3v) is 27.9. The van der Waals surface area contributed by atoms with Crippen LogP contribution in [0.2, 0.25) is 26.2 Å². The predicted molar refractivity (Wildman–Crippen MR) is 154 cm³/mol. The lowest BCUT2D eigenvalue weighted by atomic mass is 10.5. The molecule has 2 unspecified atom stereocenters. The van der Waals surface area contributed by atoms with Crippen molar-refractivity contribution < 1.29 is 10.2 Å². The lowest BCUT2D eigenvalue weighted by Gasteiger charge is -2.24. The lowest BCUT2D eigenvalue weighted by Crippen LogP contribution is -2.22. The standard InChI is InChI=1S/C16H40N2O2S6Si2/c1-17(2)15(25(27(5)6)13-9-11-19)21-23-24-22-16(18(3)4)26(28(7)8)14-10-12-20/h19-20,27-28H,9-14H2,1-8H3. The van der Waals surface area contributed by atoms with Crippen molar-refractivity contribution in [3.8, 4) is 0 Å². The molecule has 28 heavy (non-hydrogen) atoms. The molecule has 0 saturated carbocycles. The first kappa shape index (κ1) is 30.1. The molecule has 0 aromatic rings. The second-order valence-corrected chi connectivity index (χ2v) is 29.9. The third kappa shape index (κ3) is 12.2. The van der Waals surface area contributed by atoms with Crippen LogP contribution in [0, 0.1) is 0 Å². The first-order valence-corrected chi connectivity index (χ1v) is 24.7. The average molecular weight is 541 g/mol. The van der Waals surface area contributed by atoms with E-state index in [1.54, 1.807) is 0 Å². The summed E-state index contributed by atoms with van der Waals surface area (Å²) < 4.78 is 2.97. The molecule has 0 heterocycles. The van der Waals surface area contributed by atoms with E-state index < -0.39 is 15.9 Å². The molecule has 0 aliphatic heterocycles. The molecule has 4 nitrogen and oxygen atoms in total. The monoisotopic (exact) mass is 540 g/mol. The summed E-state index contributed by atoms with van der Waals surface area (Å²) in [6.45, 7) is 10.3. The molecule has 0 saturated heterocycles. The second-order valence-electron chi connectivity index (χ2n) is 7.14. The summed E-state index contributed by atoms with van der Waals surface area (Å²) in [5.74, 6) is 2.25. The van der Waals surface area contributed by atoms with Gasteiger partial charge < -0.3 is 10.2 Å². The van der Waals surface area contributed by atoms with E-state index in [9.17, 15) is 10.2 Å². The summed E-state index contributed by atoms with van der Waals surface area (Å²) in [5.41, 5.74) is 0. The Morgan fingerprint density at radius 2 is 1.04 bits per heavy atom. The highest BCUT2D eigenvalue weighted by molar-refractivity contribution is 9.29. The lowest BCUT2D eigenvalue weighted by molar-refractivity contribution is 0.296. The predicted octanol–water partition coefficient (Wildman–Crippen LogP) is 4.23. The van der Waals surface area contributed by atoms with E-state index in [1.807, 2.05) is 41.2 Å². The molecule has 0 aliphatic rings. The maximum Gasteiger partial charge on any atom is 0.0916 e. The van der Waals surface area contributed by atoms with Crippen LogP contribution < -0.4 is 0 Å². The molecule has 0 amide bonds. The van der Waals surface area contributed by atoms with Crippen LogP contribution in [-0.4, -0.2) is 97.5 Å². The fourth-order valence-corrected chi connectivity index (χ4v) is 28.5. The van der Waals surface area contributed by atoms with Crippen molar-refractivity contribution in [1.29, 1.82) is 0 Å². The minimum Gasteiger partial charge on any atom is -0.396 e. The normalized spacial score (nSPS) is 15.6. The Balaban J connectivity index is 5.17. The summed E-state index contributed by atoms with van der Waals surface area (Å²) in [5, 5.41) is 18.5. The van der Waals surface area contributed by atoms with Gasteiger partial charge in [0.25, 0.3) is 0 Å². The van der Waals surface area contributed by atoms with E-state index >= 15 is 0 Å². The van der Waals surface area contributed by atoms with Gasteiger partial charge >= 0.3 is 0 Å². The number of aliphatic hydroxyl groups is 2. The molecule has 170 valence electrons. The zero-order valence-electron chi connectivity index (χ0n) is 18.6.